The number of anilines is 2. The molecular weight excluding hydrogens is 388 g/mol. The molecule has 1 aromatic carbocycles. The summed E-state index contributed by atoms with van der Waals surface area (Å²) < 4.78 is 0. The zero-order valence-electron chi connectivity index (χ0n) is 18.5. The number of amides is 2. The molecule has 2 amide bonds. The number of benzene rings is 1. The molecule has 2 aliphatic heterocycles. The Labute approximate surface area is 185 Å². The van der Waals surface area contributed by atoms with Crippen LogP contribution in [0.25, 0.3) is 0 Å². The summed E-state index contributed by atoms with van der Waals surface area (Å²) in [5.41, 5.74) is 2.15. The van der Waals surface area contributed by atoms with Gasteiger partial charge in [0.2, 0.25) is 0 Å². The van der Waals surface area contributed by atoms with Gasteiger partial charge in [0.25, 0.3) is 0 Å². The number of rotatable bonds is 7. The quantitative estimate of drug-likeness (QED) is 0.671. The van der Waals surface area contributed by atoms with Gasteiger partial charge in [0.1, 0.15) is 0 Å². The Morgan fingerprint density at radius 1 is 1.06 bits per heavy atom. The molecule has 3 heterocycles. The number of piperazine rings is 1. The Balaban J connectivity index is 1.25. The Morgan fingerprint density at radius 2 is 1.87 bits per heavy atom. The second-order valence-corrected chi connectivity index (χ2v) is 8.53. The number of carbonyl (C=O) groups is 1. The van der Waals surface area contributed by atoms with Gasteiger partial charge in [-0.15, -0.1) is 0 Å². The molecule has 2 N–H and O–H groups in total. The highest BCUT2D eigenvalue weighted by atomic mass is 16.2. The molecule has 0 aliphatic carbocycles. The minimum atomic E-state index is -0.161. The molecule has 2 fully saturated rings. The zero-order valence-corrected chi connectivity index (χ0v) is 18.5. The van der Waals surface area contributed by atoms with Gasteiger partial charge < -0.3 is 20.4 Å². The van der Waals surface area contributed by atoms with Crippen LogP contribution in [0, 0.1) is 0 Å². The van der Waals surface area contributed by atoms with Crippen LogP contribution < -0.4 is 15.5 Å². The highest BCUT2D eigenvalue weighted by Gasteiger charge is 2.26. The molecule has 2 saturated heterocycles. The molecule has 2 aliphatic rings. The summed E-state index contributed by atoms with van der Waals surface area (Å²) in [5.74, 6) is 0.873. The molecular formula is C24H34N6O. The van der Waals surface area contributed by atoms with Gasteiger partial charge in [-0.3, -0.25) is 4.90 Å². The molecule has 31 heavy (non-hydrogen) atoms. The number of likely N-dealkylation sites (N-methyl/N-ethyl adjacent to an activating group) is 1. The van der Waals surface area contributed by atoms with Gasteiger partial charge in [-0.1, -0.05) is 30.3 Å². The molecule has 2 aromatic rings. The summed E-state index contributed by atoms with van der Waals surface area (Å²) >= 11 is 0. The molecule has 1 aromatic heterocycles. The Morgan fingerprint density at radius 3 is 2.68 bits per heavy atom. The van der Waals surface area contributed by atoms with Crippen molar-refractivity contribution in [3.8, 4) is 0 Å². The predicted octanol–water partition coefficient (Wildman–Crippen LogP) is 3.18. The first-order chi connectivity index (χ1) is 15.2. The van der Waals surface area contributed by atoms with Gasteiger partial charge in [-0.2, -0.15) is 0 Å². The SMILES string of the molecule is CN1CCN(CCCNC(=O)Nc2cccnc2N2CCCC2)C(c2ccccc2)C1. The second-order valence-electron chi connectivity index (χ2n) is 8.53. The van der Waals surface area contributed by atoms with Gasteiger partial charge in [-0.25, -0.2) is 9.78 Å². The molecule has 7 nitrogen and oxygen atoms in total. The van der Waals surface area contributed by atoms with Crippen LogP contribution in [-0.4, -0.2) is 73.7 Å². The van der Waals surface area contributed by atoms with E-state index in [-0.39, 0.29) is 6.03 Å². The molecule has 0 radical (unpaired) electrons. The summed E-state index contributed by atoms with van der Waals surface area (Å²) in [6, 6.07) is 14.8. The number of hydrogen-bond acceptors (Lipinski definition) is 5. The third-order valence-corrected chi connectivity index (χ3v) is 6.23. The van der Waals surface area contributed by atoms with Crippen LogP contribution >= 0.6 is 0 Å². The van der Waals surface area contributed by atoms with Crippen molar-refractivity contribution in [1.29, 1.82) is 0 Å². The van der Waals surface area contributed by atoms with Crippen LogP contribution in [0.3, 0.4) is 0 Å². The molecule has 0 saturated carbocycles. The normalized spacial score (nSPS) is 20.0. The van der Waals surface area contributed by atoms with Crippen molar-refractivity contribution >= 4 is 17.5 Å². The third-order valence-electron chi connectivity index (χ3n) is 6.23. The van der Waals surface area contributed by atoms with Crippen LogP contribution in [0.4, 0.5) is 16.3 Å². The molecule has 7 heteroatoms. The number of carbonyl (C=O) groups excluding carboxylic acids is 1. The average Bonchev–Trinajstić information content (AvgIpc) is 3.33. The van der Waals surface area contributed by atoms with Crippen LogP contribution in [0.5, 0.6) is 0 Å². The fourth-order valence-electron chi connectivity index (χ4n) is 4.54. The van der Waals surface area contributed by atoms with Crippen LogP contribution in [-0.2, 0) is 0 Å². The van der Waals surface area contributed by atoms with E-state index < -0.39 is 0 Å². The van der Waals surface area contributed by atoms with Crippen molar-refractivity contribution in [2.24, 2.45) is 0 Å². The van der Waals surface area contributed by atoms with Crippen LogP contribution in [0.2, 0.25) is 0 Å². The number of nitrogens with zero attached hydrogens (tertiary/aromatic N) is 4. The molecule has 1 unspecified atom stereocenters. The number of nitrogens with one attached hydrogen (secondary N) is 2. The lowest BCUT2D eigenvalue weighted by Crippen LogP contribution is -2.47. The van der Waals surface area contributed by atoms with Gasteiger partial charge in [0.15, 0.2) is 5.82 Å². The molecule has 0 bridgehead atoms. The zero-order chi connectivity index (χ0) is 21.5. The predicted molar refractivity (Wildman–Crippen MR) is 126 cm³/mol. The highest BCUT2D eigenvalue weighted by molar-refractivity contribution is 5.92. The van der Waals surface area contributed by atoms with Crippen molar-refractivity contribution in [2.75, 3.05) is 63.1 Å². The third kappa shape index (κ3) is 5.74. The average molecular weight is 423 g/mol. The van der Waals surface area contributed by atoms with E-state index in [1.54, 1.807) is 6.20 Å². The minimum absolute atomic E-state index is 0.161. The van der Waals surface area contributed by atoms with Crippen LogP contribution in [0.1, 0.15) is 30.9 Å². The van der Waals surface area contributed by atoms with Crippen molar-refractivity contribution in [3.05, 3.63) is 54.2 Å². The summed E-state index contributed by atoms with van der Waals surface area (Å²) in [6.45, 7) is 6.80. The molecule has 0 spiro atoms. The smallest absolute Gasteiger partial charge is 0.319 e. The molecule has 4 rings (SSSR count). The van der Waals surface area contributed by atoms with Gasteiger partial charge in [0, 0.05) is 58.1 Å². The van der Waals surface area contributed by atoms with E-state index in [4.69, 9.17) is 0 Å². The number of pyridine rings is 1. The molecule has 1 atom stereocenters. The highest BCUT2D eigenvalue weighted by Crippen LogP contribution is 2.26. The number of urea groups is 1. The van der Waals surface area contributed by atoms with Crippen molar-refractivity contribution in [1.82, 2.24) is 20.1 Å². The fourth-order valence-corrected chi connectivity index (χ4v) is 4.54. The van der Waals surface area contributed by atoms with E-state index in [0.29, 0.717) is 12.6 Å². The monoisotopic (exact) mass is 422 g/mol. The lowest BCUT2D eigenvalue weighted by Gasteiger charge is -2.40. The van der Waals surface area contributed by atoms with E-state index in [1.807, 2.05) is 12.1 Å². The van der Waals surface area contributed by atoms with Gasteiger partial charge in [-0.05, 0) is 44.0 Å². The summed E-state index contributed by atoms with van der Waals surface area (Å²) in [6.07, 6.45) is 5.07. The first-order valence-electron chi connectivity index (χ1n) is 11.4. The topological polar surface area (TPSA) is 63.7 Å². The lowest BCUT2D eigenvalue weighted by atomic mass is 10.0. The lowest BCUT2D eigenvalue weighted by molar-refractivity contribution is 0.0890. The van der Waals surface area contributed by atoms with Crippen molar-refractivity contribution < 1.29 is 4.79 Å². The maximum Gasteiger partial charge on any atom is 0.319 e. The van der Waals surface area contributed by atoms with E-state index >= 15 is 0 Å². The fraction of sp³-hybridized carbons (Fsp3) is 0.500. The van der Waals surface area contributed by atoms with E-state index in [1.165, 1.54) is 18.4 Å². The summed E-state index contributed by atoms with van der Waals surface area (Å²) in [4.78, 5) is 24.1. The van der Waals surface area contributed by atoms with E-state index in [0.717, 1.165) is 57.2 Å². The van der Waals surface area contributed by atoms with E-state index in [2.05, 4.69) is 67.7 Å². The first-order valence-corrected chi connectivity index (χ1v) is 11.4. The van der Waals surface area contributed by atoms with Gasteiger partial charge >= 0.3 is 6.03 Å². The van der Waals surface area contributed by atoms with E-state index in [9.17, 15) is 4.79 Å². The number of hydrogen-bond donors (Lipinski definition) is 2. The first kappa shape index (κ1) is 21.6. The Bertz CT molecular complexity index is 839. The summed E-state index contributed by atoms with van der Waals surface area (Å²) in [7, 11) is 2.19. The largest absolute Gasteiger partial charge is 0.355 e. The maximum absolute atomic E-state index is 12.5. The second kappa shape index (κ2) is 10.6. The Hall–Kier alpha value is -2.64. The Kier molecular flexibility index (Phi) is 7.38. The van der Waals surface area contributed by atoms with Crippen molar-refractivity contribution in [3.63, 3.8) is 0 Å². The number of aromatic nitrogens is 1. The standard InChI is InChI=1S/C24H34N6O/c1-28-17-18-29(22(19-28)20-9-3-2-4-10-20)16-8-13-26-24(31)27-21-11-7-12-25-23(21)30-14-5-6-15-30/h2-4,7,9-12,22H,5-6,8,13-19H2,1H3,(H2,26,27,31). The minimum Gasteiger partial charge on any atom is -0.355 e. The van der Waals surface area contributed by atoms with Crippen LogP contribution in [0.15, 0.2) is 48.7 Å². The van der Waals surface area contributed by atoms with Crippen molar-refractivity contribution in [2.45, 2.75) is 25.3 Å². The molecule has 166 valence electrons. The maximum atomic E-state index is 12.5. The van der Waals surface area contributed by atoms with Gasteiger partial charge in [0.05, 0.1) is 5.69 Å². The summed E-state index contributed by atoms with van der Waals surface area (Å²) in [5, 5.41) is 6.01.